The molecule has 2 heteroatoms. The molecule has 0 amide bonds. The highest BCUT2D eigenvalue weighted by molar-refractivity contribution is 5.40. The lowest BCUT2D eigenvalue weighted by molar-refractivity contribution is 0.220. The van der Waals surface area contributed by atoms with Gasteiger partial charge in [0.25, 0.3) is 0 Å². The van der Waals surface area contributed by atoms with Crippen LogP contribution in [0, 0.1) is 6.92 Å². The van der Waals surface area contributed by atoms with Crippen molar-refractivity contribution in [3.8, 4) is 5.75 Å². The van der Waals surface area contributed by atoms with Gasteiger partial charge in [0, 0.05) is 0 Å². The Morgan fingerprint density at radius 3 is 2.24 bits per heavy atom. The van der Waals surface area contributed by atoms with E-state index in [1.54, 1.807) is 7.11 Å². The lowest BCUT2D eigenvalue weighted by Crippen LogP contribution is -2.09. The maximum atomic E-state index is 10.5. The van der Waals surface area contributed by atoms with Crippen molar-refractivity contribution in [2.45, 2.75) is 38.2 Å². The summed E-state index contributed by atoms with van der Waals surface area (Å²) in [5, 5.41) is 10.5. The molecule has 2 aromatic rings. The Morgan fingerprint density at radius 2 is 1.71 bits per heavy atom. The van der Waals surface area contributed by atoms with Gasteiger partial charge in [-0.05, 0) is 60.1 Å². The topological polar surface area (TPSA) is 29.5 Å². The van der Waals surface area contributed by atoms with Crippen LogP contribution in [0.15, 0.2) is 42.5 Å². The van der Waals surface area contributed by atoms with E-state index in [2.05, 4.69) is 24.3 Å². The van der Waals surface area contributed by atoms with Crippen LogP contribution in [-0.4, -0.2) is 12.2 Å². The van der Waals surface area contributed by atoms with E-state index in [0.29, 0.717) is 0 Å². The number of hydrogen-bond donors (Lipinski definition) is 1. The first kappa shape index (κ1) is 14.2. The molecule has 1 unspecified atom stereocenters. The van der Waals surface area contributed by atoms with Crippen LogP contribution in [0.4, 0.5) is 0 Å². The van der Waals surface area contributed by atoms with Crippen LogP contribution in [0.5, 0.6) is 5.75 Å². The normalized spacial score (nSPS) is 16.3. The van der Waals surface area contributed by atoms with Crippen LogP contribution in [-0.2, 0) is 0 Å². The Bertz CT molecular complexity index is 612. The zero-order valence-corrected chi connectivity index (χ0v) is 12.7. The predicted octanol–water partition coefficient (Wildman–Crippen LogP) is 4.35. The molecule has 0 radical (unpaired) electrons. The summed E-state index contributed by atoms with van der Waals surface area (Å²) in [7, 11) is 1.66. The van der Waals surface area contributed by atoms with Crippen LogP contribution < -0.4 is 4.74 Å². The summed E-state index contributed by atoms with van der Waals surface area (Å²) in [4.78, 5) is 0. The Morgan fingerprint density at radius 1 is 1.05 bits per heavy atom. The molecule has 0 aliphatic heterocycles. The van der Waals surface area contributed by atoms with Gasteiger partial charge in [-0.1, -0.05) is 36.8 Å². The Hall–Kier alpha value is -1.80. The number of benzene rings is 2. The van der Waals surface area contributed by atoms with E-state index < -0.39 is 6.10 Å². The standard InChI is InChI=1S/C19H22O2/c1-13-12-17(10-11-18(13)21-2)19(20)16-8-6-15(7-9-16)14-4-3-5-14/h6-12,14,19-20H,3-5H2,1-2H3. The molecule has 1 atom stereocenters. The molecule has 1 saturated carbocycles. The molecule has 21 heavy (non-hydrogen) atoms. The number of rotatable bonds is 4. The third kappa shape index (κ3) is 2.81. The van der Waals surface area contributed by atoms with Gasteiger partial charge < -0.3 is 9.84 Å². The molecule has 0 bridgehead atoms. The first-order chi connectivity index (χ1) is 10.2. The maximum Gasteiger partial charge on any atom is 0.121 e. The van der Waals surface area contributed by atoms with Gasteiger partial charge in [-0.2, -0.15) is 0 Å². The summed E-state index contributed by atoms with van der Waals surface area (Å²) in [6, 6.07) is 14.3. The fourth-order valence-corrected chi connectivity index (χ4v) is 2.96. The fourth-order valence-electron chi connectivity index (χ4n) is 2.96. The van der Waals surface area contributed by atoms with Crippen LogP contribution in [0.25, 0.3) is 0 Å². The molecule has 0 saturated heterocycles. The number of aliphatic hydroxyl groups excluding tert-OH is 1. The summed E-state index contributed by atoms with van der Waals surface area (Å²) in [6.45, 7) is 1.99. The summed E-state index contributed by atoms with van der Waals surface area (Å²) in [6.07, 6.45) is 3.38. The minimum atomic E-state index is -0.579. The average molecular weight is 282 g/mol. The zero-order chi connectivity index (χ0) is 14.8. The smallest absolute Gasteiger partial charge is 0.121 e. The molecule has 110 valence electrons. The minimum Gasteiger partial charge on any atom is -0.496 e. The van der Waals surface area contributed by atoms with E-state index in [4.69, 9.17) is 4.74 Å². The van der Waals surface area contributed by atoms with Gasteiger partial charge in [0.2, 0.25) is 0 Å². The fraction of sp³-hybridized carbons (Fsp3) is 0.368. The number of aryl methyl sites for hydroxylation is 1. The molecule has 0 aromatic heterocycles. The number of methoxy groups -OCH3 is 1. The van der Waals surface area contributed by atoms with Crippen molar-refractivity contribution in [1.29, 1.82) is 0 Å². The van der Waals surface area contributed by atoms with Gasteiger partial charge >= 0.3 is 0 Å². The second-order valence-electron chi connectivity index (χ2n) is 5.93. The van der Waals surface area contributed by atoms with Gasteiger partial charge in [-0.15, -0.1) is 0 Å². The maximum absolute atomic E-state index is 10.5. The van der Waals surface area contributed by atoms with Crippen molar-refractivity contribution in [2.75, 3.05) is 7.11 Å². The minimum absolute atomic E-state index is 0.579. The Kier molecular flexibility index (Phi) is 3.98. The van der Waals surface area contributed by atoms with Gasteiger partial charge in [0.1, 0.15) is 11.9 Å². The molecule has 1 N–H and O–H groups in total. The van der Waals surface area contributed by atoms with Crippen LogP contribution in [0.3, 0.4) is 0 Å². The molecule has 0 heterocycles. The molecular weight excluding hydrogens is 260 g/mol. The molecule has 3 rings (SSSR count). The van der Waals surface area contributed by atoms with E-state index in [1.807, 2.05) is 25.1 Å². The quantitative estimate of drug-likeness (QED) is 0.903. The molecule has 1 aliphatic rings. The van der Waals surface area contributed by atoms with E-state index >= 15 is 0 Å². The lowest BCUT2D eigenvalue weighted by Gasteiger charge is -2.26. The van der Waals surface area contributed by atoms with Gasteiger partial charge in [-0.25, -0.2) is 0 Å². The lowest BCUT2D eigenvalue weighted by atomic mass is 9.80. The zero-order valence-electron chi connectivity index (χ0n) is 12.7. The van der Waals surface area contributed by atoms with Crippen LogP contribution in [0.1, 0.15) is 53.5 Å². The summed E-state index contributed by atoms with van der Waals surface area (Å²) < 4.78 is 5.26. The first-order valence-corrected chi connectivity index (χ1v) is 7.61. The van der Waals surface area contributed by atoms with Crippen LogP contribution >= 0.6 is 0 Å². The first-order valence-electron chi connectivity index (χ1n) is 7.61. The highest BCUT2D eigenvalue weighted by Crippen LogP contribution is 2.37. The highest BCUT2D eigenvalue weighted by atomic mass is 16.5. The largest absolute Gasteiger partial charge is 0.496 e. The summed E-state index contributed by atoms with van der Waals surface area (Å²) in [5.74, 6) is 1.59. The molecule has 1 aliphatic carbocycles. The molecule has 1 fully saturated rings. The summed E-state index contributed by atoms with van der Waals surface area (Å²) >= 11 is 0. The van der Waals surface area contributed by atoms with Crippen molar-refractivity contribution in [2.24, 2.45) is 0 Å². The number of hydrogen-bond acceptors (Lipinski definition) is 2. The third-order valence-electron chi connectivity index (χ3n) is 4.56. The molecule has 0 spiro atoms. The van der Waals surface area contributed by atoms with E-state index in [9.17, 15) is 5.11 Å². The SMILES string of the molecule is COc1ccc(C(O)c2ccc(C3CCC3)cc2)cc1C. The molecule has 2 aromatic carbocycles. The second-order valence-corrected chi connectivity index (χ2v) is 5.93. The van der Waals surface area contributed by atoms with Gasteiger partial charge in [0.05, 0.1) is 7.11 Å². The second kappa shape index (κ2) is 5.90. The van der Waals surface area contributed by atoms with E-state index in [0.717, 1.165) is 28.4 Å². The molecule has 2 nitrogen and oxygen atoms in total. The van der Waals surface area contributed by atoms with Crippen molar-refractivity contribution in [3.63, 3.8) is 0 Å². The van der Waals surface area contributed by atoms with Crippen molar-refractivity contribution >= 4 is 0 Å². The van der Waals surface area contributed by atoms with Gasteiger partial charge in [0.15, 0.2) is 0 Å². The monoisotopic (exact) mass is 282 g/mol. The Balaban J connectivity index is 1.80. The summed E-state index contributed by atoms with van der Waals surface area (Å²) in [5.41, 5.74) is 4.30. The van der Waals surface area contributed by atoms with Crippen molar-refractivity contribution in [3.05, 3.63) is 64.7 Å². The predicted molar refractivity (Wildman–Crippen MR) is 84.8 cm³/mol. The Labute approximate surface area is 126 Å². The highest BCUT2D eigenvalue weighted by Gasteiger charge is 2.19. The van der Waals surface area contributed by atoms with E-state index in [-0.39, 0.29) is 0 Å². The average Bonchev–Trinajstić information content (AvgIpc) is 2.45. The van der Waals surface area contributed by atoms with Gasteiger partial charge in [-0.3, -0.25) is 0 Å². The van der Waals surface area contributed by atoms with Crippen LogP contribution in [0.2, 0.25) is 0 Å². The van der Waals surface area contributed by atoms with E-state index in [1.165, 1.54) is 24.8 Å². The third-order valence-corrected chi connectivity index (χ3v) is 4.56. The number of ether oxygens (including phenoxy) is 1. The van der Waals surface area contributed by atoms with Crippen molar-refractivity contribution < 1.29 is 9.84 Å². The number of aliphatic hydroxyl groups is 1. The van der Waals surface area contributed by atoms with Crippen molar-refractivity contribution in [1.82, 2.24) is 0 Å². The molecular formula is C19H22O2.